The van der Waals surface area contributed by atoms with Crippen LogP contribution in [0.3, 0.4) is 0 Å². The van der Waals surface area contributed by atoms with Gasteiger partial charge in [-0.25, -0.2) is 0 Å². The Balaban J connectivity index is 1.66. The van der Waals surface area contributed by atoms with Crippen molar-refractivity contribution in [1.82, 2.24) is 5.32 Å². The van der Waals surface area contributed by atoms with Gasteiger partial charge in [0.15, 0.2) is 0 Å². The predicted octanol–water partition coefficient (Wildman–Crippen LogP) is 3.98. The Hall–Kier alpha value is -0.860. The molecular weight excluding hydrogens is 449 g/mol. The Morgan fingerprint density at radius 3 is 3.00 bits per heavy atom. The molecule has 0 radical (unpaired) electrons. The van der Waals surface area contributed by atoms with Gasteiger partial charge in [-0.05, 0) is 59.3 Å². The Bertz CT molecular complexity index is 587. The van der Waals surface area contributed by atoms with E-state index in [1.807, 2.05) is 30.3 Å². The summed E-state index contributed by atoms with van der Waals surface area (Å²) in [7, 11) is 0. The van der Waals surface area contributed by atoms with Crippen LogP contribution in [0.5, 0.6) is 0 Å². The second-order valence-electron chi connectivity index (χ2n) is 4.37. The van der Waals surface area contributed by atoms with Crippen LogP contribution in [-0.2, 0) is 11.3 Å². The number of hydrogen-bond acceptors (Lipinski definition) is 3. The molecule has 0 saturated heterocycles. The maximum absolute atomic E-state index is 12.0. The number of halogens is 2. The molecule has 6 heteroatoms. The smallest absolute Gasteiger partial charge is 0.252 e. The van der Waals surface area contributed by atoms with Crippen LogP contribution in [0, 0.1) is 3.57 Å². The number of hydrogen-bond donors (Lipinski definition) is 1. The zero-order valence-electron chi connectivity index (χ0n) is 11.3. The average Bonchev–Trinajstić information content (AvgIpc) is 2.98. The summed E-state index contributed by atoms with van der Waals surface area (Å²) in [5.74, 6) is 0.745. The normalized spacial score (nSPS) is 10.6. The van der Waals surface area contributed by atoms with Gasteiger partial charge in [-0.15, -0.1) is 0 Å². The van der Waals surface area contributed by atoms with Crippen molar-refractivity contribution in [1.29, 1.82) is 0 Å². The van der Waals surface area contributed by atoms with Crippen LogP contribution in [-0.4, -0.2) is 19.1 Å². The van der Waals surface area contributed by atoms with E-state index in [1.165, 1.54) is 0 Å². The molecule has 0 aliphatic heterocycles. The molecule has 2 aromatic rings. The minimum absolute atomic E-state index is 0.0632. The number of benzene rings is 1. The first kappa shape index (κ1) is 16.5. The standard InChI is InChI=1S/C15H15BrINO3/c16-11-4-5-14(17)13(9-11)15(19)18-6-2-7-20-10-12-3-1-8-21-12/h1,3-5,8-9H,2,6-7,10H2,(H,18,19). The second kappa shape index (κ2) is 8.55. The molecular formula is C15H15BrINO3. The van der Waals surface area contributed by atoms with Crippen molar-refractivity contribution >= 4 is 44.4 Å². The van der Waals surface area contributed by atoms with Crippen molar-refractivity contribution in [3.63, 3.8) is 0 Å². The van der Waals surface area contributed by atoms with E-state index in [0.29, 0.717) is 25.3 Å². The third-order valence-electron chi connectivity index (χ3n) is 2.75. The van der Waals surface area contributed by atoms with Crippen molar-refractivity contribution in [2.75, 3.05) is 13.2 Å². The van der Waals surface area contributed by atoms with Crippen LogP contribution in [0.25, 0.3) is 0 Å². The summed E-state index contributed by atoms with van der Waals surface area (Å²) in [6, 6.07) is 9.35. The highest BCUT2D eigenvalue weighted by Gasteiger charge is 2.09. The van der Waals surface area contributed by atoms with E-state index in [-0.39, 0.29) is 5.91 Å². The molecule has 0 aliphatic carbocycles. The van der Waals surface area contributed by atoms with Crippen LogP contribution in [0.15, 0.2) is 45.5 Å². The number of nitrogens with one attached hydrogen (secondary N) is 1. The molecule has 0 saturated carbocycles. The fourth-order valence-electron chi connectivity index (χ4n) is 1.71. The summed E-state index contributed by atoms with van der Waals surface area (Å²) in [5, 5.41) is 2.89. The van der Waals surface area contributed by atoms with Gasteiger partial charge < -0.3 is 14.5 Å². The average molecular weight is 464 g/mol. The van der Waals surface area contributed by atoms with Crippen molar-refractivity contribution in [2.45, 2.75) is 13.0 Å². The van der Waals surface area contributed by atoms with Crippen LogP contribution in [0.1, 0.15) is 22.5 Å². The van der Waals surface area contributed by atoms with E-state index < -0.39 is 0 Å². The topological polar surface area (TPSA) is 51.5 Å². The first-order chi connectivity index (χ1) is 10.2. The van der Waals surface area contributed by atoms with E-state index in [2.05, 4.69) is 43.8 Å². The van der Waals surface area contributed by atoms with Crippen LogP contribution in [0.4, 0.5) is 0 Å². The van der Waals surface area contributed by atoms with Gasteiger partial charge in [-0.1, -0.05) is 15.9 Å². The number of amides is 1. The van der Waals surface area contributed by atoms with E-state index in [4.69, 9.17) is 9.15 Å². The number of rotatable bonds is 7. The zero-order chi connectivity index (χ0) is 15.1. The Kier molecular flexibility index (Phi) is 6.72. The lowest BCUT2D eigenvalue weighted by Gasteiger charge is -2.07. The van der Waals surface area contributed by atoms with Gasteiger partial charge in [-0.3, -0.25) is 4.79 Å². The van der Waals surface area contributed by atoms with Crippen LogP contribution >= 0.6 is 38.5 Å². The SMILES string of the molecule is O=C(NCCCOCc1ccco1)c1cc(Br)ccc1I. The molecule has 1 N–H and O–H groups in total. The molecule has 112 valence electrons. The molecule has 4 nitrogen and oxygen atoms in total. The fourth-order valence-corrected chi connectivity index (χ4v) is 2.65. The van der Waals surface area contributed by atoms with Gasteiger partial charge in [0.05, 0.1) is 11.8 Å². The molecule has 2 rings (SSSR count). The lowest BCUT2D eigenvalue weighted by molar-refractivity contribution is 0.0916. The summed E-state index contributed by atoms with van der Waals surface area (Å²) < 4.78 is 12.4. The van der Waals surface area contributed by atoms with Gasteiger partial charge in [0.1, 0.15) is 12.4 Å². The van der Waals surface area contributed by atoms with Crippen molar-refractivity contribution in [2.24, 2.45) is 0 Å². The molecule has 0 atom stereocenters. The molecule has 0 bridgehead atoms. The molecule has 0 unspecified atom stereocenters. The quantitative estimate of drug-likeness (QED) is 0.499. The maximum Gasteiger partial charge on any atom is 0.252 e. The molecule has 1 aromatic heterocycles. The van der Waals surface area contributed by atoms with E-state index >= 15 is 0 Å². The Morgan fingerprint density at radius 2 is 2.24 bits per heavy atom. The predicted molar refractivity (Wildman–Crippen MR) is 92.2 cm³/mol. The van der Waals surface area contributed by atoms with Crippen molar-refractivity contribution < 1.29 is 13.9 Å². The Morgan fingerprint density at radius 1 is 1.38 bits per heavy atom. The van der Waals surface area contributed by atoms with Gasteiger partial charge in [-0.2, -0.15) is 0 Å². The van der Waals surface area contributed by atoms with E-state index in [0.717, 1.165) is 20.2 Å². The molecule has 0 aliphatic rings. The highest BCUT2D eigenvalue weighted by atomic mass is 127. The fraction of sp³-hybridized carbons (Fsp3) is 0.267. The van der Waals surface area contributed by atoms with Crippen molar-refractivity contribution in [3.8, 4) is 0 Å². The summed E-state index contributed by atoms with van der Waals surface area (Å²) in [6.07, 6.45) is 2.38. The minimum Gasteiger partial charge on any atom is -0.467 e. The van der Waals surface area contributed by atoms with E-state index in [1.54, 1.807) is 6.26 Å². The van der Waals surface area contributed by atoms with E-state index in [9.17, 15) is 4.79 Å². The van der Waals surface area contributed by atoms with Crippen LogP contribution in [0.2, 0.25) is 0 Å². The monoisotopic (exact) mass is 463 g/mol. The summed E-state index contributed by atoms with van der Waals surface area (Å²) in [4.78, 5) is 12.0. The number of carbonyl (C=O) groups excluding carboxylic acids is 1. The third-order valence-corrected chi connectivity index (χ3v) is 4.18. The van der Waals surface area contributed by atoms with Gasteiger partial charge in [0.2, 0.25) is 0 Å². The maximum atomic E-state index is 12.0. The molecule has 1 amide bonds. The molecule has 21 heavy (non-hydrogen) atoms. The lowest BCUT2D eigenvalue weighted by Crippen LogP contribution is -2.26. The lowest BCUT2D eigenvalue weighted by atomic mass is 10.2. The second-order valence-corrected chi connectivity index (χ2v) is 6.44. The first-order valence-electron chi connectivity index (χ1n) is 6.50. The highest BCUT2D eigenvalue weighted by Crippen LogP contribution is 2.18. The minimum atomic E-state index is -0.0632. The Labute approximate surface area is 145 Å². The molecule has 1 aromatic carbocycles. The molecule has 0 spiro atoms. The highest BCUT2D eigenvalue weighted by molar-refractivity contribution is 14.1. The summed E-state index contributed by atoms with van der Waals surface area (Å²) >= 11 is 5.53. The molecule has 0 fully saturated rings. The zero-order valence-corrected chi connectivity index (χ0v) is 15.0. The van der Waals surface area contributed by atoms with Gasteiger partial charge in [0.25, 0.3) is 5.91 Å². The van der Waals surface area contributed by atoms with Gasteiger partial charge >= 0.3 is 0 Å². The van der Waals surface area contributed by atoms with Gasteiger partial charge in [0, 0.05) is 21.2 Å². The number of carbonyl (C=O) groups is 1. The largest absolute Gasteiger partial charge is 0.467 e. The molecule has 1 heterocycles. The number of furan rings is 1. The third kappa shape index (κ3) is 5.44. The summed E-state index contributed by atoms with van der Waals surface area (Å²) in [5.41, 5.74) is 0.682. The summed E-state index contributed by atoms with van der Waals surface area (Å²) in [6.45, 7) is 1.63. The van der Waals surface area contributed by atoms with Crippen molar-refractivity contribution in [3.05, 3.63) is 56.0 Å². The van der Waals surface area contributed by atoms with Crippen LogP contribution < -0.4 is 5.32 Å². The number of ether oxygens (including phenoxy) is 1. The first-order valence-corrected chi connectivity index (χ1v) is 8.37.